The molecular formula is C19H18F3N3O3. The number of nitrogens with one attached hydrogen (secondary N) is 1. The molecule has 1 atom stereocenters. The second-order valence-electron chi connectivity index (χ2n) is 6.38. The maximum absolute atomic E-state index is 12.5. The molecule has 0 bridgehead atoms. The lowest BCUT2D eigenvalue weighted by molar-refractivity contribution is -0.157. The van der Waals surface area contributed by atoms with Crippen molar-refractivity contribution in [3.63, 3.8) is 0 Å². The molecule has 0 radical (unpaired) electrons. The Balaban J connectivity index is 1.69. The van der Waals surface area contributed by atoms with Gasteiger partial charge in [0.05, 0.1) is 12.7 Å². The molecular weight excluding hydrogens is 375 g/mol. The molecule has 0 aliphatic carbocycles. The van der Waals surface area contributed by atoms with Crippen molar-refractivity contribution in [1.82, 2.24) is 15.2 Å². The molecule has 1 aromatic carbocycles. The molecule has 6 nitrogen and oxygen atoms in total. The first-order valence-electron chi connectivity index (χ1n) is 8.53. The lowest BCUT2D eigenvalue weighted by atomic mass is 10.1. The van der Waals surface area contributed by atoms with Gasteiger partial charge >= 0.3 is 6.18 Å². The number of hydrogen-bond donors (Lipinski definition) is 1. The van der Waals surface area contributed by atoms with E-state index < -0.39 is 30.6 Å². The van der Waals surface area contributed by atoms with Crippen LogP contribution in [-0.2, 0) is 4.79 Å². The summed E-state index contributed by atoms with van der Waals surface area (Å²) in [5.74, 6) is -0.603. The van der Waals surface area contributed by atoms with Gasteiger partial charge in [0.2, 0.25) is 5.91 Å². The Kier molecular flexibility index (Phi) is 5.53. The van der Waals surface area contributed by atoms with Crippen LogP contribution in [0.2, 0.25) is 0 Å². The van der Waals surface area contributed by atoms with Crippen molar-refractivity contribution in [2.24, 2.45) is 0 Å². The van der Waals surface area contributed by atoms with Crippen LogP contribution in [0.1, 0.15) is 16.8 Å². The maximum atomic E-state index is 12.5. The van der Waals surface area contributed by atoms with Gasteiger partial charge in [-0.3, -0.25) is 14.6 Å². The van der Waals surface area contributed by atoms with E-state index in [0.717, 1.165) is 5.56 Å². The summed E-state index contributed by atoms with van der Waals surface area (Å²) < 4.78 is 42.6. The van der Waals surface area contributed by atoms with Crippen molar-refractivity contribution in [3.8, 4) is 16.9 Å². The fraction of sp³-hybridized carbons (Fsp3) is 0.316. The summed E-state index contributed by atoms with van der Waals surface area (Å²) in [6, 6.07) is 7.81. The van der Waals surface area contributed by atoms with Crippen LogP contribution < -0.4 is 10.1 Å². The van der Waals surface area contributed by atoms with Crippen LogP contribution in [0.5, 0.6) is 5.75 Å². The number of halogens is 3. The van der Waals surface area contributed by atoms with Crippen LogP contribution >= 0.6 is 0 Å². The average molecular weight is 393 g/mol. The van der Waals surface area contributed by atoms with Crippen LogP contribution in [0.4, 0.5) is 13.2 Å². The topological polar surface area (TPSA) is 71.5 Å². The highest BCUT2D eigenvalue weighted by Crippen LogP contribution is 2.23. The number of carbonyl (C=O) groups excluding carboxylic acids is 2. The van der Waals surface area contributed by atoms with Crippen LogP contribution in [0.3, 0.4) is 0 Å². The van der Waals surface area contributed by atoms with E-state index in [9.17, 15) is 22.8 Å². The van der Waals surface area contributed by atoms with E-state index in [1.54, 1.807) is 31.5 Å². The van der Waals surface area contributed by atoms with E-state index in [0.29, 0.717) is 16.2 Å². The molecule has 1 saturated heterocycles. The van der Waals surface area contributed by atoms with Gasteiger partial charge in [-0.1, -0.05) is 12.1 Å². The number of benzene rings is 1. The van der Waals surface area contributed by atoms with Gasteiger partial charge in [0.1, 0.15) is 18.3 Å². The largest absolute Gasteiger partial charge is 0.497 e. The molecule has 1 aromatic heterocycles. The molecule has 0 spiro atoms. The fourth-order valence-corrected chi connectivity index (χ4v) is 2.99. The Morgan fingerprint density at radius 3 is 2.61 bits per heavy atom. The van der Waals surface area contributed by atoms with Gasteiger partial charge in [-0.05, 0) is 30.2 Å². The van der Waals surface area contributed by atoms with Crippen LogP contribution in [-0.4, -0.2) is 54.1 Å². The number of nitrogens with zero attached hydrogens (tertiary/aromatic N) is 2. The summed E-state index contributed by atoms with van der Waals surface area (Å²) in [5.41, 5.74) is 1.72. The molecule has 1 unspecified atom stereocenters. The number of likely N-dealkylation sites (tertiary alicyclic amines) is 1. The zero-order chi connectivity index (χ0) is 20.3. The van der Waals surface area contributed by atoms with E-state index in [4.69, 9.17) is 4.74 Å². The van der Waals surface area contributed by atoms with Gasteiger partial charge < -0.3 is 15.0 Å². The third-order valence-electron chi connectivity index (χ3n) is 4.40. The molecule has 1 fully saturated rings. The van der Waals surface area contributed by atoms with Gasteiger partial charge in [-0.25, -0.2) is 0 Å². The smallest absolute Gasteiger partial charge is 0.406 e. The average Bonchev–Trinajstić information content (AvgIpc) is 3.00. The predicted octanol–water partition coefficient (Wildman–Crippen LogP) is 2.65. The summed E-state index contributed by atoms with van der Waals surface area (Å²) in [7, 11) is 1.56. The number of alkyl halides is 3. The monoisotopic (exact) mass is 393 g/mol. The summed E-state index contributed by atoms with van der Waals surface area (Å²) in [6.07, 6.45) is -1.41. The van der Waals surface area contributed by atoms with Crippen LogP contribution in [0, 0.1) is 0 Å². The Morgan fingerprint density at radius 2 is 1.96 bits per heavy atom. The van der Waals surface area contributed by atoms with Gasteiger partial charge in [-0.15, -0.1) is 0 Å². The van der Waals surface area contributed by atoms with E-state index in [1.165, 1.54) is 6.20 Å². The Morgan fingerprint density at radius 1 is 1.25 bits per heavy atom. The van der Waals surface area contributed by atoms with Crippen molar-refractivity contribution in [1.29, 1.82) is 0 Å². The highest BCUT2D eigenvalue weighted by atomic mass is 19.4. The van der Waals surface area contributed by atoms with Crippen molar-refractivity contribution < 1.29 is 27.5 Å². The third-order valence-corrected chi connectivity index (χ3v) is 4.40. The number of rotatable bonds is 5. The number of aromatic nitrogens is 1. The van der Waals surface area contributed by atoms with E-state index in [-0.39, 0.29) is 18.5 Å². The molecule has 148 valence electrons. The predicted molar refractivity (Wildman–Crippen MR) is 94.7 cm³/mol. The highest BCUT2D eigenvalue weighted by molar-refractivity contribution is 5.98. The fourth-order valence-electron chi connectivity index (χ4n) is 2.99. The number of hydrogen-bond acceptors (Lipinski definition) is 4. The van der Waals surface area contributed by atoms with Crippen LogP contribution in [0.25, 0.3) is 11.1 Å². The second-order valence-corrected chi connectivity index (χ2v) is 6.38. The molecule has 2 aromatic rings. The minimum atomic E-state index is -4.47. The van der Waals surface area contributed by atoms with E-state index in [1.807, 2.05) is 12.1 Å². The lowest BCUT2D eigenvalue weighted by Gasteiger charge is -2.18. The summed E-state index contributed by atoms with van der Waals surface area (Å²) in [6.45, 7) is -1.36. The standard InChI is InChI=1S/C19H18F3N3O3/c1-28-15-4-2-12(3-5-15)13-8-14(10-23-9-13)17(26)24-16-6-7-25(18(16)27)11-19(20,21)22/h2-5,8-10,16H,6-7,11H2,1H3,(H,24,26). The first-order valence-corrected chi connectivity index (χ1v) is 8.53. The number of ether oxygens (including phenoxy) is 1. The highest BCUT2D eigenvalue weighted by Gasteiger charge is 2.39. The van der Waals surface area contributed by atoms with Gasteiger partial charge in [0.15, 0.2) is 0 Å². The van der Waals surface area contributed by atoms with Gasteiger partial charge in [-0.2, -0.15) is 13.2 Å². The first kappa shape index (κ1) is 19.7. The number of amides is 2. The zero-order valence-corrected chi connectivity index (χ0v) is 15.0. The number of carbonyl (C=O) groups is 2. The first-order chi connectivity index (χ1) is 13.3. The SMILES string of the molecule is COc1ccc(-c2cncc(C(=O)NC3CCN(CC(F)(F)F)C3=O)c2)cc1. The quantitative estimate of drug-likeness (QED) is 0.848. The molecule has 1 N–H and O–H groups in total. The molecule has 3 rings (SSSR count). The Hall–Kier alpha value is -3.10. The maximum Gasteiger partial charge on any atom is 0.406 e. The van der Waals surface area contributed by atoms with E-state index >= 15 is 0 Å². The number of methoxy groups -OCH3 is 1. The van der Waals surface area contributed by atoms with Gasteiger partial charge in [0, 0.05) is 24.5 Å². The second kappa shape index (κ2) is 7.87. The van der Waals surface area contributed by atoms with Crippen molar-refractivity contribution >= 4 is 11.8 Å². The van der Waals surface area contributed by atoms with Gasteiger partial charge in [0.25, 0.3) is 5.91 Å². The summed E-state index contributed by atoms with van der Waals surface area (Å²) in [4.78, 5) is 29.3. The molecule has 1 aliphatic rings. The minimum Gasteiger partial charge on any atom is -0.497 e. The van der Waals surface area contributed by atoms with Crippen molar-refractivity contribution in [3.05, 3.63) is 48.3 Å². The van der Waals surface area contributed by atoms with Crippen molar-refractivity contribution in [2.75, 3.05) is 20.2 Å². The number of pyridine rings is 1. The molecule has 28 heavy (non-hydrogen) atoms. The zero-order valence-electron chi connectivity index (χ0n) is 15.0. The molecule has 2 amide bonds. The lowest BCUT2D eigenvalue weighted by Crippen LogP contribution is -2.43. The molecule has 9 heteroatoms. The molecule has 2 heterocycles. The third kappa shape index (κ3) is 4.59. The molecule has 0 saturated carbocycles. The Labute approximate surface area is 159 Å². The summed E-state index contributed by atoms with van der Waals surface area (Å²) >= 11 is 0. The summed E-state index contributed by atoms with van der Waals surface area (Å²) in [5, 5.41) is 2.50. The normalized spacial score (nSPS) is 16.9. The minimum absolute atomic E-state index is 0.0482. The molecule has 1 aliphatic heterocycles. The Bertz CT molecular complexity index is 869. The van der Waals surface area contributed by atoms with Crippen molar-refractivity contribution in [2.45, 2.75) is 18.6 Å². The van der Waals surface area contributed by atoms with Crippen LogP contribution in [0.15, 0.2) is 42.7 Å². The van der Waals surface area contributed by atoms with E-state index in [2.05, 4.69) is 10.3 Å².